The van der Waals surface area contributed by atoms with Crippen molar-refractivity contribution in [2.24, 2.45) is 16.6 Å². The molecule has 182 valence electrons. The predicted octanol–water partition coefficient (Wildman–Crippen LogP) is 2.86. The van der Waals surface area contributed by atoms with E-state index in [-0.39, 0.29) is 26.6 Å². The third-order valence-corrected chi connectivity index (χ3v) is 10.4. The molecule has 0 aliphatic carbocycles. The molecule has 0 amide bonds. The van der Waals surface area contributed by atoms with Crippen molar-refractivity contribution in [3.05, 3.63) is 0 Å². The highest BCUT2D eigenvalue weighted by Gasteiger charge is 2.45. The van der Waals surface area contributed by atoms with Gasteiger partial charge < -0.3 is 33.1 Å². The van der Waals surface area contributed by atoms with Gasteiger partial charge in [-0.1, -0.05) is 41.2 Å². The minimum Gasteiger partial charge on any atom is -0.377 e. The molecule has 0 aliphatic rings. The SMILES string of the molecule is CCN(CC(C)(C)CC[Si](OC)(OC)OC(CCC(C)(C)CN)C(OC)OC)[SiH2]C. The minimum absolute atomic E-state index is 0.0215. The summed E-state index contributed by atoms with van der Waals surface area (Å²) in [7, 11) is 3.60. The molecule has 0 fully saturated rings. The molecule has 30 heavy (non-hydrogen) atoms. The Morgan fingerprint density at radius 3 is 1.93 bits per heavy atom. The van der Waals surface area contributed by atoms with E-state index in [9.17, 15) is 0 Å². The number of rotatable bonds is 18. The second kappa shape index (κ2) is 14.3. The van der Waals surface area contributed by atoms with Gasteiger partial charge in [-0.25, -0.2) is 0 Å². The molecule has 0 bridgehead atoms. The van der Waals surface area contributed by atoms with Crippen molar-refractivity contribution >= 4 is 18.5 Å². The van der Waals surface area contributed by atoms with Gasteiger partial charge in [-0.15, -0.1) is 0 Å². The maximum absolute atomic E-state index is 6.57. The molecule has 0 aromatic carbocycles. The molecule has 9 heteroatoms. The smallest absolute Gasteiger partial charge is 0.377 e. The quantitative estimate of drug-likeness (QED) is 0.246. The third kappa shape index (κ3) is 10.6. The maximum Gasteiger partial charge on any atom is 0.500 e. The zero-order chi connectivity index (χ0) is 23.4. The molecule has 0 saturated heterocycles. The highest BCUT2D eigenvalue weighted by molar-refractivity contribution is 6.60. The number of hydrogen-bond acceptors (Lipinski definition) is 7. The Bertz CT molecular complexity index is 443. The fourth-order valence-corrected chi connectivity index (χ4v) is 7.42. The summed E-state index contributed by atoms with van der Waals surface area (Å²) in [6.07, 6.45) is 1.86. The van der Waals surface area contributed by atoms with Crippen LogP contribution in [0.2, 0.25) is 12.6 Å². The summed E-state index contributed by atoms with van der Waals surface area (Å²) >= 11 is 0. The summed E-state index contributed by atoms with van der Waals surface area (Å²) < 4.78 is 32.1. The second-order valence-electron chi connectivity index (χ2n) is 9.62. The summed E-state index contributed by atoms with van der Waals surface area (Å²) in [6.45, 7) is 16.4. The third-order valence-electron chi connectivity index (χ3n) is 6.03. The Labute approximate surface area is 189 Å². The topological polar surface area (TPSA) is 75.4 Å². The standard InChI is InChI=1S/C21H50N2O5Si2/c1-11-23(29-10)17-21(4,5)14-15-30(26-8,27-9)28-18(19(24-6)25-7)12-13-20(2,3)16-22/h18-19H,11-17,22,29H2,1-10H3. The Morgan fingerprint density at radius 2 is 1.53 bits per heavy atom. The fourth-order valence-electron chi connectivity index (χ4n) is 3.58. The first-order chi connectivity index (χ1) is 14.0. The fraction of sp³-hybridized carbons (Fsp3) is 1.00. The van der Waals surface area contributed by atoms with Crippen LogP contribution in [0.4, 0.5) is 0 Å². The van der Waals surface area contributed by atoms with E-state index < -0.39 is 15.1 Å². The van der Waals surface area contributed by atoms with Gasteiger partial charge in [0.2, 0.25) is 0 Å². The van der Waals surface area contributed by atoms with Crippen LogP contribution in [-0.4, -0.2) is 83.5 Å². The van der Waals surface area contributed by atoms with Crippen molar-refractivity contribution in [2.75, 3.05) is 48.1 Å². The highest BCUT2D eigenvalue weighted by atomic mass is 28.4. The van der Waals surface area contributed by atoms with Gasteiger partial charge in [0, 0.05) is 34.5 Å². The van der Waals surface area contributed by atoms with Gasteiger partial charge >= 0.3 is 8.80 Å². The summed E-state index contributed by atoms with van der Waals surface area (Å²) in [6, 6.07) is 0.757. The lowest BCUT2D eigenvalue weighted by Crippen LogP contribution is -2.51. The average molecular weight is 467 g/mol. The monoisotopic (exact) mass is 466 g/mol. The molecule has 0 spiro atoms. The van der Waals surface area contributed by atoms with E-state index in [0.717, 1.165) is 38.4 Å². The summed E-state index contributed by atoms with van der Waals surface area (Å²) in [5.74, 6) is 0. The van der Waals surface area contributed by atoms with Gasteiger partial charge in [-0.05, 0) is 49.7 Å². The number of ether oxygens (including phenoxy) is 2. The van der Waals surface area contributed by atoms with Gasteiger partial charge in [0.15, 0.2) is 6.29 Å². The highest BCUT2D eigenvalue weighted by Crippen LogP contribution is 2.32. The van der Waals surface area contributed by atoms with Crippen molar-refractivity contribution in [3.63, 3.8) is 0 Å². The van der Waals surface area contributed by atoms with Gasteiger partial charge in [-0.2, -0.15) is 0 Å². The Balaban J connectivity index is 5.37. The van der Waals surface area contributed by atoms with E-state index in [1.54, 1.807) is 28.4 Å². The van der Waals surface area contributed by atoms with Crippen LogP contribution < -0.4 is 5.73 Å². The van der Waals surface area contributed by atoms with Crippen molar-refractivity contribution in [1.82, 2.24) is 4.57 Å². The molecule has 1 atom stereocenters. The summed E-state index contributed by atoms with van der Waals surface area (Å²) in [4.78, 5) is 0. The van der Waals surface area contributed by atoms with Crippen LogP contribution in [0.3, 0.4) is 0 Å². The maximum atomic E-state index is 6.57. The van der Waals surface area contributed by atoms with E-state index >= 15 is 0 Å². The lowest BCUT2D eigenvalue weighted by atomic mass is 9.87. The van der Waals surface area contributed by atoms with Gasteiger partial charge in [0.05, 0.1) is 9.68 Å². The second-order valence-corrected chi connectivity index (χ2v) is 14.1. The molecule has 2 N–H and O–H groups in total. The molecule has 1 unspecified atom stereocenters. The molecule has 0 rings (SSSR count). The Morgan fingerprint density at radius 1 is 0.967 bits per heavy atom. The number of nitrogens with zero attached hydrogens (tertiary/aromatic N) is 1. The molecule has 0 heterocycles. The van der Waals surface area contributed by atoms with Crippen LogP contribution in [0.25, 0.3) is 0 Å². The van der Waals surface area contributed by atoms with E-state index in [1.165, 1.54) is 0 Å². The average Bonchev–Trinajstić information content (AvgIpc) is 2.73. The lowest BCUT2D eigenvalue weighted by Gasteiger charge is -2.37. The first kappa shape index (κ1) is 30.2. The predicted molar refractivity (Wildman–Crippen MR) is 129 cm³/mol. The van der Waals surface area contributed by atoms with Crippen LogP contribution in [0.5, 0.6) is 0 Å². The zero-order valence-corrected chi connectivity index (χ0v) is 23.8. The molecule has 0 aromatic heterocycles. The molecular formula is C21H50N2O5Si2. The van der Waals surface area contributed by atoms with E-state index in [4.69, 9.17) is 28.5 Å². The molecule has 7 nitrogen and oxygen atoms in total. The van der Waals surface area contributed by atoms with Crippen LogP contribution in [-0.2, 0) is 22.8 Å². The number of nitrogens with two attached hydrogens (primary N) is 1. The van der Waals surface area contributed by atoms with Crippen molar-refractivity contribution < 1.29 is 22.8 Å². The first-order valence-corrected chi connectivity index (χ1v) is 15.2. The van der Waals surface area contributed by atoms with Crippen LogP contribution in [0.1, 0.15) is 53.9 Å². The normalized spacial score (nSPS) is 15.1. The molecule has 0 aliphatic heterocycles. The first-order valence-electron chi connectivity index (χ1n) is 11.2. The zero-order valence-electron chi connectivity index (χ0n) is 21.4. The lowest BCUT2D eigenvalue weighted by molar-refractivity contribution is -0.171. The van der Waals surface area contributed by atoms with Crippen LogP contribution >= 0.6 is 0 Å². The van der Waals surface area contributed by atoms with Gasteiger partial charge in [0.25, 0.3) is 0 Å². The Hall–Kier alpha value is 0.154. The van der Waals surface area contributed by atoms with Crippen LogP contribution in [0.15, 0.2) is 0 Å². The minimum atomic E-state index is -2.89. The molecule has 0 aromatic rings. The summed E-state index contributed by atoms with van der Waals surface area (Å²) in [5.41, 5.74) is 6.11. The summed E-state index contributed by atoms with van der Waals surface area (Å²) in [5, 5.41) is 0. The van der Waals surface area contributed by atoms with Gasteiger partial charge in [-0.3, -0.25) is 0 Å². The van der Waals surface area contributed by atoms with E-state index in [1.807, 2.05) is 0 Å². The molecule has 0 radical (unpaired) electrons. The largest absolute Gasteiger partial charge is 0.500 e. The number of hydrogen-bond donors (Lipinski definition) is 1. The molecular weight excluding hydrogens is 416 g/mol. The number of methoxy groups -OCH3 is 2. The molecule has 0 saturated carbocycles. The van der Waals surface area contributed by atoms with E-state index in [0.29, 0.717) is 6.54 Å². The van der Waals surface area contributed by atoms with Crippen molar-refractivity contribution in [3.8, 4) is 0 Å². The van der Waals surface area contributed by atoms with Crippen LogP contribution in [0, 0.1) is 10.8 Å². The Kier molecular flexibility index (Phi) is 14.4. The van der Waals surface area contributed by atoms with Crippen molar-refractivity contribution in [2.45, 2.75) is 78.9 Å². The van der Waals surface area contributed by atoms with E-state index in [2.05, 4.69) is 45.7 Å². The van der Waals surface area contributed by atoms with Gasteiger partial charge in [0.1, 0.15) is 6.10 Å². The van der Waals surface area contributed by atoms with Crippen molar-refractivity contribution in [1.29, 1.82) is 0 Å².